The quantitative estimate of drug-likeness (QED) is 0.739. The molecule has 1 heterocycles. The Bertz CT molecular complexity index is 494. The second-order valence-electron chi connectivity index (χ2n) is 4.90. The molecule has 0 saturated carbocycles. The van der Waals surface area contributed by atoms with Crippen LogP contribution in [0.5, 0.6) is 0 Å². The molecule has 1 atom stereocenters. The lowest BCUT2D eigenvalue weighted by atomic mass is 10.1. The van der Waals surface area contributed by atoms with Gasteiger partial charge in [-0.05, 0) is 30.9 Å². The fourth-order valence-electron chi connectivity index (χ4n) is 2.40. The molecule has 3 N–H and O–H groups in total. The highest BCUT2D eigenvalue weighted by Gasteiger charge is 2.18. The predicted octanol–water partition coefficient (Wildman–Crippen LogP) is 1.28. The highest BCUT2D eigenvalue weighted by Crippen LogP contribution is 2.25. The van der Waals surface area contributed by atoms with E-state index in [2.05, 4.69) is 16.4 Å². The smallest absolute Gasteiger partial charge is 0.136 e. The van der Waals surface area contributed by atoms with Crippen LogP contribution in [0.25, 0.3) is 0 Å². The summed E-state index contributed by atoms with van der Waals surface area (Å²) in [6, 6.07) is 2.07. The topological polar surface area (TPSA) is 69.4 Å². The Morgan fingerprint density at radius 2 is 2.30 bits per heavy atom. The monoisotopic (exact) mass is 295 g/mol. The van der Waals surface area contributed by atoms with Crippen molar-refractivity contribution in [3.8, 4) is 0 Å². The lowest BCUT2D eigenvalue weighted by Crippen LogP contribution is -2.28. The first-order chi connectivity index (χ1) is 9.65. The molecular weight excluding hydrogens is 274 g/mol. The Hall–Kier alpha value is -1.24. The van der Waals surface area contributed by atoms with Crippen LogP contribution in [0.2, 0.25) is 0 Å². The Morgan fingerprint density at radius 3 is 2.95 bits per heavy atom. The second kappa shape index (κ2) is 6.97. The van der Waals surface area contributed by atoms with Crippen LogP contribution < -0.4 is 11.1 Å². The molecule has 0 aromatic carbocycles. The number of nitrogens with zero attached hydrogens (tertiary/aromatic N) is 1. The lowest BCUT2D eigenvalue weighted by molar-refractivity contribution is 0.0365. The number of pyridine rings is 1. The van der Waals surface area contributed by atoms with Crippen molar-refractivity contribution in [1.82, 2.24) is 4.98 Å². The molecular formula is C14H21N3O2S. The van der Waals surface area contributed by atoms with E-state index >= 15 is 0 Å². The average molecular weight is 295 g/mol. The van der Waals surface area contributed by atoms with E-state index < -0.39 is 0 Å². The summed E-state index contributed by atoms with van der Waals surface area (Å²) < 4.78 is 10.4. The van der Waals surface area contributed by atoms with E-state index in [0.29, 0.717) is 18.1 Å². The van der Waals surface area contributed by atoms with Gasteiger partial charge >= 0.3 is 0 Å². The van der Waals surface area contributed by atoms with Gasteiger partial charge in [-0.3, -0.25) is 0 Å². The van der Waals surface area contributed by atoms with Gasteiger partial charge in [0.2, 0.25) is 0 Å². The van der Waals surface area contributed by atoms with Gasteiger partial charge in [-0.25, -0.2) is 4.98 Å². The Balaban J connectivity index is 2.15. The van der Waals surface area contributed by atoms with Gasteiger partial charge < -0.3 is 20.5 Å². The van der Waals surface area contributed by atoms with E-state index in [-0.39, 0.29) is 6.10 Å². The molecule has 1 unspecified atom stereocenters. The van der Waals surface area contributed by atoms with Crippen molar-refractivity contribution in [3.05, 3.63) is 22.9 Å². The number of methoxy groups -OCH3 is 2. The molecule has 20 heavy (non-hydrogen) atoms. The zero-order valence-electron chi connectivity index (χ0n) is 11.9. The molecule has 1 aromatic rings. The van der Waals surface area contributed by atoms with Crippen molar-refractivity contribution in [2.45, 2.75) is 25.4 Å². The van der Waals surface area contributed by atoms with Gasteiger partial charge in [-0.15, -0.1) is 0 Å². The summed E-state index contributed by atoms with van der Waals surface area (Å²) in [4.78, 5) is 5.04. The van der Waals surface area contributed by atoms with Crippen LogP contribution in [0.3, 0.4) is 0 Å². The molecule has 0 saturated heterocycles. The molecule has 0 fully saturated rings. The maximum atomic E-state index is 5.80. The largest absolute Gasteiger partial charge is 0.389 e. The SMILES string of the molecule is COCC(CNc1nc2c(cc1C(N)=S)CCC2)OC. The normalized spacial score (nSPS) is 14.9. The number of thiocarbonyl (C=S) groups is 1. The molecule has 110 valence electrons. The summed E-state index contributed by atoms with van der Waals surface area (Å²) in [5.41, 5.74) is 9.02. The summed E-state index contributed by atoms with van der Waals surface area (Å²) in [5.74, 6) is 0.747. The van der Waals surface area contributed by atoms with Crippen LogP contribution in [0.1, 0.15) is 23.2 Å². The summed E-state index contributed by atoms with van der Waals surface area (Å²) in [6.07, 6.45) is 3.19. The molecule has 0 aliphatic heterocycles. The highest BCUT2D eigenvalue weighted by atomic mass is 32.1. The van der Waals surface area contributed by atoms with Crippen LogP contribution >= 0.6 is 12.2 Å². The van der Waals surface area contributed by atoms with Crippen molar-refractivity contribution >= 4 is 23.0 Å². The number of hydrogen-bond acceptors (Lipinski definition) is 5. The third-order valence-corrected chi connectivity index (χ3v) is 3.72. The molecule has 6 heteroatoms. The second-order valence-corrected chi connectivity index (χ2v) is 5.34. The Kier molecular flexibility index (Phi) is 5.28. The van der Waals surface area contributed by atoms with Crippen molar-refractivity contribution in [1.29, 1.82) is 0 Å². The highest BCUT2D eigenvalue weighted by molar-refractivity contribution is 7.80. The number of aromatic nitrogens is 1. The number of anilines is 1. The van der Waals surface area contributed by atoms with E-state index in [1.807, 2.05) is 0 Å². The number of rotatable bonds is 7. The molecule has 1 aromatic heterocycles. The molecule has 1 aliphatic carbocycles. The van der Waals surface area contributed by atoms with Crippen LogP contribution in [-0.2, 0) is 22.3 Å². The van der Waals surface area contributed by atoms with Gasteiger partial charge in [0.05, 0.1) is 18.3 Å². The van der Waals surface area contributed by atoms with Crippen molar-refractivity contribution < 1.29 is 9.47 Å². The van der Waals surface area contributed by atoms with Crippen LogP contribution in [-0.4, -0.2) is 43.4 Å². The first-order valence-corrected chi connectivity index (χ1v) is 7.14. The maximum absolute atomic E-state index is 5.80. The van der Waals surface area contributed by atoms with Gasteiger partial charge in [0.1, 0.15) is 10.8 Å². The summed E-state index contributed by atoms with van der Waals surface area (Å²) >= 11 is 5.12. The van der Waals surface area contributed by atoms with Crippen molar-refractivity contribution in [3.63, 3.8) is 0 Å². The van der Waals surface area contributed by atoms with E-state index in [0.717, 1.165) is 36.3 Å². The first kappa shape index (κ1) is 15.2. The first-order valence-electron chi connectivity index (χ1n) is 6.74. The van der Waals surface area contributed by atoms with Gasteiger partial charge in [-0.1, -0.05) is 12.2 Å². The predicted molar refractivity (Wildman–Crippen MR) is 83.3 cm³/mol. The lowest BCUT2D eigenvalue weighted by Gasteiger charge is -2.17. The number of ether oxygens (including phenoxy) is 2. The number of nitrogens with one attached hydrogen (secondary N) is 1. The van der Waals surface area contributed by atoms with E-state index in [1.54, 1.807) is 14.2 Å². The van der Waals surface area contributed by atoms with Gasteiger partial charge in [0.15, 0.2) is 0 Å². The fourth-order valence-corrected chi connectivity index (χ4v) is 2.56. The third-order valence-electron chi connectivity index (χ3n) is 3.50. The Labute approximate surface area is 124 Å². The summed E-state index contributed by atoms with van der Waals surface area (Å²) in [6.45, 7) is 1.13. The number of fused-ring (bicyclic) bond motifs is 1. The maximum Gasteiger partial charge on any atom is 0.136 e. The molecule has 0 amide bonds. The van der Waals surface area contributed by atoms with E-state index in [9.17, 15) is 0 Å². The fraction of sp³-hybridized carbons (Fsp3) is 0.571. The molecule has 0 radical (unpaired) electrons. The van der Waals surface area contributed by atoms with Crippen LogP contribution in [0.4, 0.5) is 5.82 Å². The van der Waals surface area contributed by atoms with Gasteiger partial charge in [0.25, 0.3) is 0 Å². The minimum atomic E-state index is -0.0331. The van der Waals surface area contributed by atoms with Crippen LogP contribution in [0, 0.1) is 0 Å². The summed E-state index contributed by atoms with van der Waals surface area (Å²) in [5, 5.41) is 3.28. The average Bonchev–Trinajstić information content (AvgIpc) is 2.89. The summed E-state index contributed by atoms with van der Waals surface area (Å²) in [7, 11) is 3.32. The number of nitrogens with two attached hydrogens (primary N) is 1. The molecule has 0 spiro atoms. The van der Waals surface area contributed by atoms with Gasteiger partial charge in [-0.2, -0.15) is 0 Å². The van der Waals surface area contributed by atoms with Crippen molar-refractivity contribution in [2.75, 3.05) is 32.7 Å². The third kappa shape index (κ3) is 3.45. The molecule has 0 bridgehead atoms. The molecule has 1 aliphatic rings. The molecule has 2 rings (SSSR count). The van der Waals surface area contributed by atoms with Gasteiger partial charge in [0, 0.05) is 26.5 Å². The zero-order valence-corrected chi connectivity index (χ0v) is 12.8. The standard InChI is InChI=1S/C14H21N3O2S/c1-18-8-10(19-2)7-16-14-11(13(15)20)6-9-4-3-5-12(9)17-14/h6,10H,3-5,7-8H2,1-2H3,(H2,15,20)(H,16,17). The minimum absolute atomic E-state index is 0.0331. The van der Waals surface area contributed by atoms with E-state index in [1.165, 1.54) is 5.56 Å². The minimum Gasteiger partial charge on any atom is -0.389 e. The number of hydrogen-bond donors (Lipinski definition) is 2. The van der Waals surface area contributed by atoms with Crippen LogP contribution in [0.15, 0.2) is 6.07 Å². The van der Waals surface area contributed by atoms with E-state index in [4.69, 9.17) is 27.4 Å². The Morgan fingerprint density at radius 1 is 1.50 bits per heavy atom. The van der Waals surface area contributed by atoms with Crippen molar-refractivity contribution in [2.24, 2.45) is 5.73 Å². The molecule has 5 nitrogen and oxygen atoms in total. The zero-order chi connectivity index (χ0) is 14.5. The number of aryl methyl sites for hydroxylation is 2.